The molecule has 202 valence electrons. The van der Waals surface area contributed by atoms with E-state index in [0.717, 1.165) is 43.2 Å². The van der Waals surface area contributed by atoms with Gasteiger partial charge in [-0.3, -0.25) is 14.5 Å². The summed E-state index contributed by atoms with van der Waals surface area (Å²) in [6.45, 7) is 1.84. The quantitative estimate of drug-likeness (QED) is 0.344. The lowest BCUT2D eigenvalue weighted by Crippen LogP contribution is -2.48. The maximum Gasteiger partial charge on any atom is 0.249 e. The van der Waals surface area contributed by atoms with E-state index >= 15 is 0 Å². The van der Waals surface area contributed by atoms with Crippen molar-refractivity contribution in [2.24, 2.45) is 0 Å². The molecule has 1 aromatic heterocycles. The number of fused-ring (bicyclic) bond motifs is 1. The largest absolute Gasteiger partial charge is 0.504 e. The number of phenols is 1. The topological polar surface area (TPSA) is 110 Å². The van der Waals surface area contributed by atoms with Crippen LogP contribution in [-0.4, -0.2) is 45.1 Å². The Bertz CT molecular complexity index is 1460. The van der Waals surface area contributed by atoms with E-state index in [0.29, 0.717) is 16.8 Å². The van der Waals surface area contributed by atoms with E-state index in [1.54, 1.807) is 16.8 Å². The summed E-state index contributed by atoms with van der Waals surface area (Å²) in [5.41, 5.74) is 3.46. The molecular formula is C30H33N5O4. The number of carbonyl (C=O) groups is 2. The first kappa shape index (κ1) is 26.2. The van der Waals surface area contributed by atoms with Crippen LogP contribution in [0.2, 0.25) is 0 Å². The van der Waals surface area contributed by atoms with Gasteiger partial charge in [0.15, 0.2) is 11.5 Å². The fraction of sp³-hybridized carbons (Fsp3) is 0.333. The number of para-hydroxylation sites is 1. The molecule has 4 aromatic rings. The summed E-state index contributed by atoms with van der Waals surface area (Å²) in [6, 6.07) is 18.7. The van der Waals surface area contributed by atoms with Crippen LogP contribution >= 0.6 is 0 Å². The summed E-state index contributed by atoms with van der Waals surface area (Å²) >= 11 is 0. The molecule has 39 heavy (non-hydrogen) atoms. The van der Waals surface area contributed by atoms with Gasteiger partial charge in [-0.25, -0.2) is 4.68 Å². The molecule has 9 heteroatoms. The Labute approximate surface area is 227 Å². The average Bonchev–Trinajstić information content (AvgIpc) is 3.35. The molecule has 0 saturated heterocycles. The number of hydrogen-bond acceptors (Lipinski definition) is 6. The number of anilines is 1. The van der Waals surface area contributed by atoms with Crippen molar-refractivity contribution in [1.29, 1.82) is 0 Å². The highest BCUT2D eigenvalue weighted by Crippen LogP contribution is 2.34. The molecule has 1 heterocycles. The Morgan fingerprint density at radius 1 is 1.08 bits per heavy atom. The van der Waals surface area contributed by atoms with Crippen molar-refractivity contribution >= 4 is 28.5 Å². The second-order valence-electron chi connectivity index (χ2n) is 10.0. The molecule has 0 spiro atoms. The van der Waals surface area contributed by atoms with Gasteiger partial charge in [0.25, 0.3) is 0 Å². The van der Waals surface area contributed by atoms with Gasteiger partial charge in [-0.05, 0) is 61.7 Å². The Morgan fingerprint density at radius 2 is 1.82 bits per heavy atom. The highest BCUT2D eigenvalue weighted by atomic mass is 16.5. The van der Waals surface area contributed by atoms with Crippen molar-refractivity contribution in [2.45, 2.75) is 57.7 Å². The number of carbonyl (C=O) groups excluding carboxylic acids is 2. The summed E-state index contributed by atoms with van der Waals surface area (Å²) in [5, 5.41) is 22.2. The maximum absolute atomic E-state index is 14.1. The number of hydrogen-bond donors (Lipinski definition) is 2. The molecule has 1 saturated carbocycles. The predicted molar refractivity (Wildman–Crippen MR) is 149 cm³/mol. The monoisotopic (exact) mass is 527 g/mol. The zero-order valence-corrected chi connectivity index (χ0v) is 22.2. The van der Waals surface area contributed by atoms with Crippen LogP contribution in [0.5, 0.6) is 11.5 Å². The second kappa shape index (κ2) is 11.6. The van der Waals surface area contributed by atoms with Crippen LogP contribution < -0.4 is 15.0 Å². The molecule has 5 rings (SSSR count). The van der Waals surface area contributed by atoms with Crippen molar-refractivity contribution in [3.8, 4) is 11.5 Å². The number of aromatic hydroxyl groups is 1. The van der Waals surface area contributed by atoms with Crippen molar-refractivity contribution in [2.75, 3.05) is 12.0 Å². The van der Waals surface area contributed by atoms with Gasteiger partial charge in [0.05, 0.1) is 12.6 Å². The van der Waals surface area contributed by atoms with E-state index < -0.39 is 6.04 Å². The van der Waals surface area contributed by atoms with Crippen LogP contribution in [0.15, 0.2) is 66.7 Å². The third-order valence-electron chi connectivity index (χ3n) is 7.26. The van der Waals surface area contributed by atoms with Crippen LogP contribution in [0, 0.1) is 6.92 Å². The number of amides is 2. The lowest BCUT2D eigenvalue weighted by molar-refractivity contribution is -0.127. The number of phenolic OH excluding ortho intramolecular Hbond substituents is 1. The van der Waals surface area contributed by atoms with Crippen molar-refractivity contribution in [3.63, 3.8) is 0 Å². The number of benzene rings is 3. The lowest BCUT2D eigenvalue weighted by Gasteiger charge is -2.33. The summed E-state index contributed by atoms with van der Waals surface area (Å²) in [4.78, 5) is 29.7. The van der Waals surface area contributed by atoms with E-state index in [4.69, 9.17) is 4.74 Å². The van der Waals surface area contributed by atoms with E-state index in [2.05, 4.69) is 15.6 Å². The minimum Gasteiger partial charge on any atom is -0.504 e. The van der Waals surface area contributed by atoms with Gasteiger partial charge in [-0.15, -0.1) is 5.10 Å². The molecule has 1 atom stereocenters. The van der Waals surface area contributed by atoms with Crippen molar-refractivity contribution < 1.29 is 19.4 Å². The molecule has 1 unspecified atom stereocenters. The number of nitrogens with one attached hydrogen (secondary N) is 1. The lowest BCUT2D eigenvalue weighted by atomic mass is 9.94. The minimum atomic E-state index is -1.03. The SMILES string of the molecule is COc1ccc(C(C(=O)NC2CCCCC2)N(C(=O)Cn2nnc3ccccc32)c2ccc(C)cc2)cc1O. The Balaban J connectivity index is 1.58. The second-order valence-corrected chi connectivity index (χ2v) is 10.0. The van der Waals surface area contributed by atoms with Crippen LogP contribution in [0.4, 0.5) is 5.69 Å². The number of methoxy groups -OCH3 is 1. The maximum atomic E-state index is 14.1. The zero-order chi connectivity index (χ0) is 27.4. The molecule has 0 aliphatic heterocycles. The van der Waals surface area contributed by atoms with Gasteiger partial charge >= 0.3 is 0 Å². The number of nitrogens with zero attached hydrogens (tertiary/aromatic N) is 4. The van der Waals surface area contributed by atoms with E-state index in [-0.39, 0.29) is 35.9 Å². The summed E-state index contributed by atoms with van der Waals surface area (Å²) < 4.78 is 6.77. The third kappa shape index (κ3) is 5.72. The number of aryl methyl sites for hydroxylation is 1. The number of rotatable bonds is 8. The van der Waals surface area contributed by atoms with Crippen LogP contribution in [-0.2, 0) is 16.1 Å². The first-order valence-corrected chi connectivity index (χ1v) is 13.3. The Kier molecular flexibility index (Phi) is 7.76. The Morgan fingerprint density at radius 3 is 2.54 bits per heavy atom. The number of ether oxygens (including phenoxy) is 1. The molecule has 2 N–H and O–H groups in total. The summed E-state index contributed by atoms with van der Waals surface area (Å²) in [5.74, 6) is -0.464. The summed E-state index contributed by atoms with van der Waals surface area (Å²) in [6.07, 6.45) is 5.06. The highest BCUT2D eigenvalue weighted by Gasteiger charge is 2.35. The van der Waals surface area contributed by atoms with Gasteiger partial charge in [-0.1, -0.05) is 60.4 Å². The molecule has 0 bridgehead atoms. The molecule has 2 amide bonds. The first-order chi connectivity index (χ1) is 18.9. The van der Waals surface area contributed by atoms with E-state index in [1.807, 2.05) is 55.5 Å². The summed E-state index contributed by atoms with van der Waals surface area (Å²) in [7, 11) is 1.46. The van der Waals surface area contributed by atoms with Gasteiger partial charge in [0.1, 0.15) is 18.1 Å². The number of aromatic nitrogens is 3. The van der Waals surface area contributed by atoms with E-state index in [9.17, 15) is 14.7 Å². The van der Waals surface area contributed by atoms with E-state index in [1.165, 1.54) is 18.1 Å². The van der Waals surface area contributed by atoms with Gasteiger partial charge in [0.2, 0.25) is 11.8 Å². The molecule has 1 aliphatic rings. The molecule has 1 fully saturated rings. The molecular weight excluding hydrogens is 494 g/mol. The van der Waals surface area contributed by atoms with Crippen LogP contribution in [0.25, 0.3) is 11.0 Å². The Hall–Kier alpha value is -4.40. The molecule has 1 aliphatic carbocycles. The fourth-order valence-electron chi connectivity index (χ4n) is 5.20. The van der Waals surface area contributed by atoms with Crippen molar-refractivity contribution in [3.05, 3.63) is 77.9 Å². The van der Waals surface area contributed by atoms with Gasteiger partial charge in [0, 0.05) is 11.7 Å². The van der Waals surface area contributed by atoms with Gasteiger partial charge < -0.3 is 15.2 Å². The molecule has 3 aromatic carbocycles. The normalized spacial score (nSPS) is 14.6. The third-order valence-corrected chi connectivity index (χ3v) is 7.26. The molecule has 9 nitrogen and oxygen atoms in total. The standard InChI is InChI=1S/C30H33N5O4/c1-20-12-15-23(16-13-20)35(28(37)19-34-25-11-7-6-10-24(25)32-33-34)29(21-14-17-27(39-2)26(36)18-21)30(38)31-22-8-4-3-5-9-22/h6-7,10-18,22,29,36H,3-5,8-9,19H2,1-2H3,(H,31,38). The van der Waals surface area contributed by atoms with Crippen LogP contribution in [0.3, 0.4) is 0 Å². The molecule has 0 radical (unpaired) electrons. The minimum absolute atomic E-state index is 0.0369. The highest BCUT2D eigenvalue weighted by molar-refractivity contribution is 6.01. The smallest absolute Gasteiger partial charge is 0.249 e. The first-order valence-electron chi connectivity index (χ1n) is 13.3. The average molecular weight is 528 g/mol. The van der Waals surface area contributed by atoms with Gasteiger partial charge in [-0.2, -0.15) is 0 Å². The van der Waals surface area contributed by atoms with Crippen LogP contribution in [0.1, 0.15) is 49.3 Å². The van der Waals surface area contributed by atoms with Crippen molar-refractivity contribution in [1.82, 2.24) is 20.3 Å². The predicted octanol–water partition coefficient (Wildman–Crippen LogP) is 4.68. The fourth-order valence-corrected chi connectivity index (χ4v) is 5.20. The zero-order valence-electron chi connectivity index (χ0n) is 22.2.